The SMILES string of the molecule is CC1(C)CC(=O)N(Cl)C(=O)C1. The predicted octanol–water partition coefficient (Wildman–Crippen LogP) is 1.32. The molecule has 0 aromatic rings. The maximum atomic E-state index is 11.0. The van der Waals surface area contributed by atoms with E-state index in [0.29, 0.717) is 17.3 Å². The highest BCUT2D eigenvalue weighted by Crippen LogP contribution is 2.31. The third-order valence-electron chi connectivity index (χ3n) is 1.70. The van der Waals surface area contributed by atoms with Crippen molar-refractivity contribution in [2.24, 2.45) is 5.41 Å². The number of hydrogen-bond acceptors (Lipinski definition) is 2. The molecule has 0 spiro atoms. The van der Waals surface area contributed by atoms with Crippen LogP contribution >= 0.6 is 11.8 Å². The highest BCUT2D eigenvalue weighted by Gasteiger charge is 2.36. The summed E-state index contributed by atoms with van der Waals surface area (Å²) in [7, 11) is 0. The van der Waals surface area contributed by atoms with Crippen LogP contribution in [0.4, 0.5) is 0 Å². The van der Waals surface area contributed by atoms with Gasteiger partial charge in [0.25, 0.3) is 0 Å². The highest BCUT2D eigenvalue weighted by molar-refractivity contribution is 6.30. The first kappa shape index (κ1) is 8.53. The molecular weight excluding hydrogens is 166 g/mol. The van der Waals surface area contributed by atoms with Crippen molar-refractivity contribution in [3.05, 3.63) is 0 Å². The minimum atomic E-state index is -0.298. The zero-order valence-corrected chi connectivity index (χ0v) is 7.31. The zero-order chi connectivity index (χ0) is 8.65. The minimum Gasteiger partial charge on any atom is -0.273 e. The molecule has 0 aliphatic carbocycles. The van der Waals surface area contributed by atoms with E-state index in [-0.39, 0.29) is 17.2 Å². The van der Waals surface area contributed by atoms with Crippen molar-refractivity contribution < 1.29 is 9.59 Å². The third-order valence-corrected chi connectivity index (χ3v) is 2.07. The Kier molecular flexibility index (Phi) is 1.92. The Bertz CT molecular complexity index is 192. The van der Waals surface area contributed by atoms with E-state index < -0.39 is 0 Å². The van der Waals surface area contributed by atoms with Gasteiger partial charge in [-0.15, -0.1) is 0 Å². The fraction of sp³-hybridized carbons (Fsp3) is 0.714. The van der Waals surface area contributed by atoms with Crippen LogP contribution < -0.4 is 0 Å². The Morgan fingerprint density at radius 2 is 1.64 bits per heavy atom. The lowest BCUT2D eigenvalue weighted by Crippen LogP contribution is -2.40. The molecule has 0 aromatic carbocycles. The van der Waals surface area contributed by atoms with Crippen molar-refractivity contribution in [2.45, 2.75) is 26.7 Å². The van der Waals surface area contributed by atoms with Gasteiger partial charge in [0.15, 0.2) is 0 Å². The Balaban J connectivity index is 2.78. The van der Waals surface area contributed by atoms with Gasteiger partial charge in [-0.1, -0.05) is 13.8 Å². The number of piperidine rings is 1. The number of carbonyl (C=O) groups excluding carboxylic acids is 2. The average molecular weight is 176 g/mol. The van der Waals surface area contributed by atoms with E-state index in [1.165, 1.54) is 0 Å². The molecule has 3 nitrogen and oxygen atoms in total. The number of nitrogens with zero attached hydrogens (tertiary/aromatic N) is 1. The number of carbonyl (C=O) groups is 2. The molecule has 0 radical (unpaired) electrons. The molecule has 62 valence electrons. The van der Waals surface area contributed by atoms with Crippen LogP contribution in [0.25, 0.3) is 0 Å². The number of rotatable bonds is 0. The van der Waals surface area contributed by atoms with Gasteiger partial charge in [0.05, 0.1) is 0 Å². The predicted molar refractivity (Wildman–Crippen MR) is 40.7 cm³/mol. The van der Waals surface area contributed by atoms with Crippen molar-refractivity contribution in [3.63, 3.8) is 0 Å². The van der Waals surface area contributed by atoms with Gasteiger partial charge in [0, 0.05) is 24.6 Å². The summed E-state index contributed by atoms with van der Waals surface area (Å²) >= 11 is 5.38. The second kappa shape index (κ2) is 2.48. The lowest BCUT2D eigenvalue weighted by Gasteiger charge is -2.30. The van der Waals surface area contributed by atoms with Crippen LogP contribution in [-0.4, -0.2) is 16.2 Å². The van der Waals surface area contributed by atoms with E-state index in [9.17, 15) is 9.59 Å². The van der Waals surface area contributed by atoms with Crippen molar-refractivity contribution in [1.29, 1.82) is 0 Å². The van der Waals surface area contributed by atoms with E-state index in [1.54, 1.807) is 0 Å². The number of imide groups is 1. The Morgan fingerprint density at radius 3 is 2.00 bits per heavy atom. The van der Waals surface area contributed by atoms with E-state index in [1.807, 2.05) is 13.8 Å². The fourth-order valence-corrected chi connectivity index (χ4v) is 1.28. The molecule has 0 unspecified atom stereocenters. The summed E-state index contributed by atoms with van der Waals surface area (Å²) in [5.74, 6) is -0.596. The number of halogens is 1. The number of hydrogen-bond donors (Lipinski definition) is 0. The minimum absolute atomic E-state index is 0.223. The van der Waals surface area contributed by atoms with Crippen LogP contribution in [0.5, 0.6) is 0 Å². The first-order chi connectivity index (χ1) is 4.92. The van der Waals surface area contributed by atoms with E-state index in [2.05, 4.69) is 0 Å². The Labute approximate surface area is 70.4 Å². The second-order valence-corrected chi connectivity index (χ2v) is 3.92. The summed E-state index contributed by atoms with van der Waals surface area (Å²) in [5.41, 5.74) is -0.223. The zero-order valence-electron chi connectivity index (χ0n) is 6.56. The molecule has 0 saturated carbocycles. The molecule has 1 fully saturated rings. The molecule has 0 aromatic heterocycles. The number of amides is 2. The largest absolute Gasteiger partial charge is 0.273 e. The summed E-state index contributed by atoms with van der Waals surface area (Å²) in [6.07, 6.45) is 0.699. The van der Waals surface area contributed by atoms with Crippen molar-refractivity contribution in [3.8, 4) is 0 Å². The molecule has 4 heteroatoms. The Morgan fingerprint density at radius 1 is 1.27 bits per heavy atom. The maximum Gasteiger partial charge on any atom is 0.244 e. The fourth-order valence-electron chi connectivity index (χ4n) is 1.16. The molecule has 0 N–H and O–H groups in total. The van der Waals surface area contributed by atoms with Crippen LogP contribution in [0.15, 0.2) is 0 Å². The molecule has 2 amide bonds. The molecule has 0 atom stereocenters. The normalized spacial score (nSPS) is 24.1. The van der Waals surface area contributed by atoms with E-state index in [4.69, 9.17) is 11.8 Å². The van der Waals surface area contributed by atoms with Gasteiger partial charge in [0.1, 0.15) is 0 Å². The molecule has 1 rings (SSSR count). The van der Waals surface area contributed by atoms with Crippen molar-refractivity contribution in [1.82, 2.24) is 4.42 Å². The van der Waals surface area contributed by atoms with Crippen LogP contribution in [0.1, 0.15) is 26.7 Å². The van der Waals surface area contributed by atoms with Crippen molar-refractivity contribution in [2.75, 3.05) is 0 Å². The topological polar surface area (TPSA) is 37.4 Å². The second-order valence-electron chi connectivity index (χ2n) is 3.59. The lowest BCUT2D eigenvalue weighted by atomic mass is 9.83. The van der Waals surface area contributed by atoms with Crippen LogP contribution in [0.2, 0.25) is 0 Å². The molecule has 11 heavy (non-hydrogen) atoms. The maximum absolute atomic E-state index is 11.0. The van der Waals surface area contributed by atoms with Gasteiger partial charge in [-0.25, -0.2) is 0 Å². The van der Waals surface area contributed by atoms with Gasteiger partial charge in [-0.3, -0.25) is 9.59 Å². The third kappa shape index (κ3) is 1.71. The van der Waals surface area contributed by atoms with E-state index in [0.717, 1.165) is 0 Å². The molecule has 1 saturated heterocycles. The van der Waals surface area contributed by atoms with Gasteiger partial charge < -0.3 is 0 Å². The van der Waals surface area contributed by atoms with Gasteiger partial charge in [-0.05, 0) is 5.41 Å². The molecule has 1 aliphatic heterocycles. The van der Waals surface area contributed by atoms with Crippen LogP contribution in [0, 0.1) is 5.41 Å². The van der Waals surface area contributed by atoms with Crippen LogP contribution in [0.3, 0.4) is 0 Å². The standard InChI is InChI=1S/C7H10ClNO2/c1-7(2)3-5(10)9(8)6(11)4-7/h3-4H2,1-2H3. The van der Waals surface area contributed by atoms with Crippen molar-refractivity contribution >= 4 is 23.6 Å². The smallest absolute Gasteiger partial charge is 0.244 e. The molecule has 0 bridgehead atoms. The Hall–Kier alpha value is -0.570. The molecule has 1 aliphatic rings. The first-order valence-electron chi connectivity index (χ1n) is 3.44. The van der Waals surface area contributed by atoms with E-state index >= 15 is 0 Å². The lowest BCUT2D eigenvalue weighted by molar-refractivity contribution is -0.145. The average Bonchev–Trinajstić information content (AvgIpc) is 1.81. The van der Waals surface area contributed by atoms with Gasteiger partial charge in [0.2, 0.25) is 11.8 Å². The van der Waals surface area contributed by atoms with Crippen LogP contribution in [-0.2, 0) is 9.59 Å². The van der Waals surface area contributed by atoms with Gasteiger partial charge in [-0.2, -0.15) is 4.42 Å². The summed E-state index contributed by atoms with van der Waals surface area (Å²) in [6.45, 7) is 3.76. The summed E-state index contributed by atoms with van der Waals surface area (Å²) < 4.78 is 0.686. The first-order valence-corrected chi connectivity index (χ1v) is 3.78. The highest BCUT2D eigenvalue weighted by atomic mass is 35.5. The quantitative estimate of drug-likeness (QED) is 0.411. The summed E-state index contributed by atoms with van der Waals surface area (Å²) in [4.78, 5) is 22.0. The molecule has 1 heterocycles. The summed E-state index contributed by atoms with van der Waals surface area (Å²) in [6, 6.07) is 0. The molecular formula is C7H10ClNO2. The van der Waals surface area contributed by atoms with Gasteiger partial charge >= 0.3 is 0 Å². The summed E-state index contributed by atoms with van der Waals surface area (Å²) in [5, 5.41) is 0. The monoisotopic (exact) mass is 175 g/mol.